The Morgan fingerprint density at radius 3 is 2.50 bits per heavy atom. The van der Waals surface area contributed by atoms with Gasteiger partial charge in [-0.2, -0.15) is 0 Å². The molecular weight excluding hydrogens is 250 g/mol. The summed E-state index contributed by atoms with van der Waals surface area (Å²) in [5, 5.41) is 3.29. The highest BCUT2D eigenvalue weighted by Gasteiger charge is 2.21. The minimum atomic E-state index is -3.40. The molecule has 1 fully saturated rings. The summed E-state index contributed by atoms with van der Waals surface area (Å²) in [6.45, 7) is 0. The van der Waals surface area contributed by atoms with Crippen LogP contribution in [-0.4, -0.2) is 32.9 Å². The maximum absolute atomic E-state index is 12.0. The summed E-state index contributed by atoms with van der Waals surface area (Å²) in [4.78, 5) is 0.267. The first-order valence-electron chi connectivity index (χ1n) is 6.00. The van der Waals surface area contributed by atoms with Crippen LogP contribution in [0.1, 0.15) is 19.3 Å². The van der Waals surface area contributed by atoms with Gasteiger partial charge in [-0.15, -0.1) is 0 Å². The Morgan fingerprint density at radius 2 is 2.00 bits per heavy atom. The summed E-state index contributed by atoms with van der Waals surface area (Å²) in [6, 6.07) is 5.21. The molecule has 1 saturated carbocycles. The van der Waals surface area contributed by atoms with E-state index >= 15 is 0 Å². The van der Waals surface area contributed by atoms with Crippen LogP contribution in [0.25, 0.3) is 0 Å². The number of nitrogens with zero attached hydrogens (tertiary/aromatic N) is 1. The molecule has 0 spiro atoms. The zero-order valence-electron chi connectivity index (χ0n) is 10.7. The average molecular weight is 269 g/mol. The van der Waals surface area contributed by atoms with E-state index in [1.165, 1.54) is 30.9 Å². The second-order valence-corrected chi connectivity index (χ2v) is 6.96. The van der Waals surface area contributed by atoms with Crippen molar-refractivity contribution in [3.8, 4) is 0 Å². The average Bonchev–Trinajstić information content (AvgIpc) is 2.25. The van der Waals surface area contributed by atoms with Crippen molar-refractivity contribution >= 4 is 21.4 Å². The van der Waals surface area contributed by atoms with E-state index in [1.807, 2.05) is 0 Å². The van der Waals surface area contributed by atoms with Gasteiger partial charge in [0.15, 0.2) is 0 Å². The molecule has 100 valence electrons. The second kappa shape index (κ2) is 4.78. The Balaban J connectivity index is 2.31. The SMILES string of the molecule is CN(C)S(=O)(=O)c1ccc(N)c(NC2CCC2)c1. The summed E-state index contributed by atoms with van der Waals surface area (Å²) in [7, 11) is -0.366. The fraction of sp³-hybridized carbons (Fsp3) is 0.500. The molecular formula is C12H19N3O2S. The van der Waals surface area contributed by atoms with Crippen LogP contribution in [0, 0.1) is 0 Å². The topological polar surface area (TPSA) is 75.4 Å². The number of nitrogen functional groups attached to an aromatic ring is 1. The highest BCUT2D eigenvalue weighted by molar-refractivity contribution is 7.89. The number of hydrogen-bond acceptors (Lipinski definition) is 4. The van der Waals surface area contributed by atoms with Crippen molar-refractivity contribution in [3.05, 3.63) is 18.2 Å². The summed E-state index contributed by atoms with van der Waals surface area (Å²) in [5.41, 5.74) is 7.16. The van der Waals surface area contributed by atoms with Crippen molar-refractivity contribution in [1.82, 2.24) is 4.31 Å². The third-order valence-electron chi connectivity index (χ3n) is 3.27. The Hall–Kier alpha value is -1.27. The number of hydrogen-bond donors (Lipinski definition) is 2. The van der Waals surface area contributed by atoms with E-state index in [1.54, 1.807) is 12.1 Å². The Kier molecular flexibility index (Phi) is 3.49. The van der Waals surface area contributed by atoms with Gasteiger partial charge in [0, 0.05) is 20.1 Å². The van der Waals surface area contributed by atoms with Gasteiger partial charge in [-0.05, 0) is 37.5 Å². The molecule has 0 aromatic heterocycles. The molecule has 0 atom stereocenters. The molecule has 0 saturated heterocycles. The second-order valence-electron chi connectivity index (χ2n) is 4.81. The summed E-state index contributed by atoms with van der Waals surface area (Å²) in [5.74, 6) is 0. The van der Waals surface area contributed by atoms with Crippen molar-refractivity contribution in [2.45, 2.75) is 30.2 Å². The number of nitrogens with one attached hydrogen (secondary N) is 1. The maximum Gasteiger partial charge on any atom is 0.242 e. The van der Waals surface area contributed by atoms with Crippen LogP contribution in [0.4, 0.5) is 11.4 Å². The molecule has 0 bridgehead atoms. The normalized spacial score (nSPS) is 16.6. The van der Waals surface area contributed by atoms with E-state index in [0.717, 1.165) is 12.8 Å². The Bertz CT molecular complexity index is 536. The Labute approximate surface area is 108 Å². The number of sulfonamides is 1. The van der Waals surface area contributed by atoms with Gasteiger partial charge >= 0.3 is 0 Å². The molecule has 6 heteroatoms. The first-order chi connectivity index (χ1) is 8.41. The first-order valence-corrected chi connectivity index (χ1v) is 7.44. The molecule has 18 heavy (non-hydrogen) atoms. The van der Waals surface area contributed by atoms with Gasteiger partial charge in [0.05, 0.1) is 16.3 Å². The van der Waals surface area contributed by atoms with E-state index in [0.29, 0.717) is 17.4 Å². The van der Waals surface area contributed by atoms with Crippen molar-refractivity contribution in [1.29, 1.82) is 0 Å². The minimum Gasteiger partial charge on any atom is -0.397 e. The fourth-order valence-corrected chi connectivity index (χ4v) is 2.73. The van der Waals surface area contributed by atoms with Gasteiger partial charge in [0.1, 0.15) is 0 Å². The van der Waals surface area contributed by atoms with Gasteiger partial charge in [0.25, 0.3) is 0 Å². The Morgan fingerprint density at radius 1 is 1.33 bits per heavy atom. The zero-order chi connectivity index (χ0) is 13.3. The lowest BCUT2D eigenvalue weighted by atomic mass is 9.93. The molecule has 2 rings (SSSR count). The lowest BCUT2D eigenvalue weighted by molar-refractivity contribution is 0.445. The van der Waals surface area contributed by atoms with E-state index < -0.39 is 10.0 Å². The zero-order valence-corrected chi connectivity index (χ0v) is 11.5. The van der Waals surface area contributed by atoms with Crippen molar-refractivity contribution in [2.24, 2.45) is 0 Å². The van der Waals surface area contributed by atoms with Gasteiger partial charge in [0.2, 0.25) is 10.0 Å². The molecule has 0 unspecified atom stereocenters. The minimum absolute atomic E-state index is 0.267. The van der Waals surface area contributed by atoms with E-state index in [2.05, 4.69) is 5.32 Å². The van der Waals surface area contributed by atoms with Crippen LogP contribution in [-0.2, 0) is 10.0 Å². The van der Waals surface area contributed by atoms with Gasteiger partial charge < -0.3 is 11.1 Å². The monoisotopic (exact) mass is 269 g/mol. The van der Waals surface area contributed by atoms with Gasteiger partial charge in [-0.3, -0.25) is 0 Å². The first kappa shape index (κ1) is 13.2. The van der Waals surface area contributed by atoms with Crippen LogP contribution >= 0.6 is 0 Å². The third-order valence-corrected chi connectivity index (χ3v) is 5.08. The maximum atomic E-state index is 12.0. The lowest BCUT2D eigenvalue weighted by Crippen LogP contribution is -2.28. The smallest absolute Gasteiger partial charge is 0.242 e. The van der Waals surface area contributed by atoms with Crippen LogP contribution in [0.15, 0.2) is 23.1 Å². The van der Waals surface area contributed by atoms with E-state index in [9.17, 15) is 8.42 Å². The summed E-state index contributed by atoms with van der Waals surface area (Å²) >= 11 is 0. The van der Waals surface area contributed by atoms with Crippen LogP contribution in [0.5, 0.6) is 0 Å². The largest absolute Gasteiger partial charge is 0.397 e. The number of benzene rings is 1. The van der Waals surface area contributed by atoms with Crippen LogP contribution in [0.2, 0.25) is 0 Å². The number of nitrogens with two attached hydrogens (primary N) is 1. The van der Waals surface area contributed by atoms with Crippen molar-refractivity contribution in [2.75, 3.05) is 25.1 Å². The van der Waals surface area contributed by atoms with Crippen molar-refractivity contribution in [3.63, 3.8) is 0 Å². The molecule has 0 amide bonds. The molecule has 5 nitrogen and oxygen atoms in total. The standard InChI is InChI=1S/C12H19N3O2S/c1-15(2)18(16,17)10-6-7-11(13)12(8-10)14-9-4-3-5-9/h6-9,14H,3-5,13H2,1-2H3. The predicted molar refractivity (Wildman–Crippen MR) is 73.0 cm³/mol. The quantitative estimate of drug-likeness (QED) is 0.812. The lowest BCUT2D eigenvalue weighted by Gasteiger charge is -2.28. The molecule has 0 heterocycles. The van der Waals surface area contributed by atoms with Crippen LogP contribution in [0.3, 0.4) is 0 Å². The fourth-order valence-electron chi connectivity index (χ4n) is 1.80. The predicted octanol–water partition coefficient (Wildman–Crippen LogP) is 1.48. The molecule has 0 aliphatic heterocycles. The van der Waals surface area contributed by atoms with Gasteiger partial charge in [-0.1, -0.05) is 0 Å². The molecule has 3 N–H and O–H groups in total. The van der Waals surface area contributed by atoms with E-state index in [-0.39, 0.29) is 4.90 Å². The highest BCUT2D eigenvalue weighted by atomic mass is 32.2. The van der Waals surface area contributed by atoms with E-state index in [4.69, 9.17) is 5.73 Å². The molecule has 1 aliphatic carbocycles. The third kappa shape index (κ3) is 2.44. The molecule has 1 aromatic carbocycles. The number of anilines is 2. The highest BCUT2D eigenvalue weighted by Crippen LogP contribution is 2.29. The number of rotatable bonds is 4. The summed E-state index contributed by atoms with van der Waals surface area (Å²) in [6.07, 6.45) is 3.45. The molecule has 1 aliphatic rings. The van der Waals surface area contributed by atoms with Crippen LogP contribution < -0.4 is 11.1 Å². The molecule has 1 aromatic rings. The van der Waals surface area contributed by atoms with Crippen molar-refractivity contribution < 1.29 is 8.42 Å². The summed E-state index contributed by atoms with van der Waals surface area (Å²) < 4.78 is 25.2. The molecule has 0 radical (unpaired) electrons. The van der Waals surface area contributed by atoms with Gasteiger partial charge in [-0.25, -0.2) is 12.7 Å².